The van der Waals surface area contributed by atoms with Crippen LogP contribution < -0.4 is 14.0 Å². The fraction of sp³-hybridized carbons (Fsp3) is 0.295. The highest BCUT2D eigenvalue weighted by Gasteiger charge is 2.11. The third-order valence-electron chi connectivity index (χ3n) is 8.94. The van der Waals surface area contributed by atoms with Gasteiger partial charge in [0, 0.05) is 41.2 Å². The van der Waals surface area contributed by atoms with Crippen molar-refractivity contribution in [3.63, 3.8) is 0 Å². The number of allylic oxidation sites excluding steroid dienone is 2. The number of pyridine rings is 1. The zero-order chi connectivity index (χ0) is 33.4. The Balaban J connectivity index is 0.955. The molecule has 5 aromatic rings. The molecule has 3 aromatic carbocycles. The molecule has 48 heavy (non-hydrogen) atoms. The lowest BCUT2D eigenvalue weighted by Gasteiger charge is -2.15. The van der Waals surface area contributed by atoms with Gasteiger partial charge in [-0.1, -0.05) is 86.7 Å². The average molecular weight is 640 g/mol. The minimum atomic E-state index is 0.746. The number of unbranched alkanes of at least 4 members (excludes halogenated alkanes) is 7. The number of hydrogen-bond donors (Lipinski definition) is 1. The zero-order valence-electron chi connectivity index (χ0n) is 28.6. The summed E-state index contributed by atoms with van der Waals surface area (Å²) in [5, 5.41) is 1.26. The number of nitrogens with one attached hydrogen (secondary N) is 1. The largest absolute Gasteiger partial charge is 0.496 e. The molecule has 2 aromatic heterocycles. The Hall–Kier alpha value is -4.83. The van der Waals surface area contributed by atoms with E-state index in [-0.39, 0.29) is 0 Å². The molecule has 0 amide bonds. The first kappa shape index (κ1) is 34.5. The van der Waals surface area contributed by atoms with Crippen molar-refractivity contribution in [1.82, 2.24) is 4.98 Å². The lowest BCUT2D eigenvalue weighted by molar-refractivity contribution is -0.697. The number of ether oxygens (including phenoxy) is 2. The number of para-hydroxylation sites is 1. The number of aryl methyl sites for hydroxylation is 1. The van der Waals surface area contributed by atoms with E-state index >= 15 is 0 Å². The van der Waals surface area contributed by atoms with Gasteiger partial charge in [0.25, 0.3) is 0 Å². The molecule has 0 fully saturated rings. The molecule has 0 unspecified atom stereocenters. The van der Waals surface area contributed by atoms with Crippen LogP contribution in [0.3, 0.4) is 0 Å². The molecule has 0 radical (unpaired) electrons. The smallest absolute Gasteiger partial charge is 0.169 e. The second kappa shape index (κ2) is 18.5. The number of nitrogens with zero attached hydrogens (tertiary/aromatic N) is 1. The van der Waals surface area contributed by atoms with Crippen LogP contribution in [0.4, 0.5) is 0 Å². The monoisotopic (exact) mass is 639 g/mol. The van der Waals surface area contributed by atoms with Gasteiger partial charge in [-0.15, -0.1) is 13.2 Å². The van der Waals surface area contributed by atoms with Gasteiger partial charge >= 0.3 is 0 Å². The Labute approximate surface area is 287 Å². The van der Waals surface area contributed by atoms with Crippen molar-refractivity contribution >= 4 is 23.1 Å². The normalized spacial score (nSPS) is 11.3. The number of rotatable bonds is 20. The topological polar surface area (TPSA) is 38.1 Å². The molecular formula is C44H51N2O2+. The van der Waals surface area contributed by atoms with Gasteiger partial charge in [-0.3, -0.25) is 0 Å². The van der Waals surface area contributed by atoms with E-state index in [1.54, 1.807) is 7.11 Å². The van der Waals surface area contributed by atoms with Crippen LogP contribution in [0.25, 0.3) is 34.2 Å². The fourth-order valence-electron chi connectivity index (χ4n) is 6.26. The molecule has 0 atom stereocenters. The summed E-state index contributed by atoms with van der Waals surface area (Å²) in [7, 11) is 1.72. The maximum atomic E-state index is 6.25. The summed E-state index contributed by atoms with van der Waals surface area (Å²) in [6.45, 7) is 9.68. The summed E-state index contributed by atoms with van der Waals surface area (Å²) < 4.78 is 14.2. The van der Waals surface area contributed by atoms with E-state index in [0.29, 0.717) is 0 Å². The lowest BCUT2D eigenvalue weighted by Crippen LogP contribution is -2.32. The summed E-state index contributed by atoms with van der Waals surface area (Å²) in [4.78, 5) is 3.34. The van der Waals surface area contributed by atoms with E-state index in [4.69, 9.17) is 9.47 Å². The maximum Gasteiger partial charge on any atom is 0.169 e. The first-order chi connectivity index (χ1) is 23.7. The van der Waals surface area contributed by atoms with Crippen LogP contribution in [0.5, 0.6) is 11.5 Å². The summed E-state index contributed by atoms with van der Waals surface area (Å²) >= 11 is 0. The Morgan fingerprint density at radius 1 is 0.729 bits per heavy atom. The van der Waals surface area contributed by atoms with Gasteiger partial charge in [0.1, 0.15) is 18.0 Å². The molecule has 0 bridgehead atoms. The molecule has 5 rings (SSSR count). The van der Waals surface area contributed by atoms with E-state index in [1.165, 1.54) is 72.5 Å². The minimum Gasteiger partial charge on any atom is -0.496 e. The molecule has 2 heterocycles. The zero-order valence-corrected chi connectivity index (χ0v) is 28.6. The molecule has 0 aliphatic rings. The second-order valence-corrected chi connectivity index (χ2v) is 12.5. The van der Waals surface area contributed by atoms with Gasteiger partial charge in [0.05, 0.1) is 13.7 Å². The van der Waals surface area contributed by atoms with Crippen LogP contribution in [0.15, 0.2) is 117 Å². The quantitative estimate of drug-likeness (QED) is 0.0523. The number of aromatic nitrogens is 2. The van der Waals surface area contributed by atoms with Crippen molar-refractivity contribution < 1.29 is 14.0 Å². The van der Waals surface area contributed by atoms with Crippen molar-refractivity contribution in [3.8, 4) is 22.6 Å². The van der Waals surface area contributed by atoms with Crippen molar-refractivity contribution in [2.75, 3.05) is 13.7 Å². The summed E-state index contributed by atoms with van der Waals surface area (Å²) in [6, 6.07) is 25.6. The molecule has 1 N–H and O–H groups in total. The van der Waals surface area contributed by atoms with Crippen LogP contribution in [0, 0.1) is 0 Å². The van der Waals surface area contributed by atoms with Crippen molar-refractivity contribution in [2.24, 2.45) is 0 Å². The molecule has 0 saturated heterocycles. The number of H-pyrrole nitrogens is 1. The molecule has 248 valence electrons. The van der Waals surface area contributed by atoms with E-state index in [0.717, 1.165) is 60.6 Å². The molecule has 0 aliphatic carbocycles. The van der Waals surface area contributed by atoms with Crippen molar-refractivity contribution in [3.05, 3.63) is 139 Å². The number of hydrogen-bond acceptors (Lipinski definition) is 2. The Kier molecular flexibility index (Phi) is 13.3. The van der Waals surface area contributed by atoms with Crippen LogP contribution in [0.2, 0.25) is 0 Å². The van der Waals surface area contributed by atoms with Gasteiger partial charge in [0.15, 0.2) is 12.4 Å². The molecule has 0 spiro atoms. The highest BCUT2D eigenvalue weighted by atomic mass is 16.5. The minimum absolute atomic E-state index is 0.746. The summed E-state index contributed by atoms with van der Waals surface area (Å²) in [5.41, 5.74) is 8.22. The van der Waals surface area contributed by atoms with Crippen LogP contribution >= 0.6 is 0 Å². The number of fused-ring (bicyclic) bond motifs is 1. The van der Waals surface area contributed by atoms with E-state index in [1.807, 2.05) is 18.2 Å². The molecular weight excluding hydrogens is 588 g/mol. The fourth-order valence-corrected chi connectivity index (χ4v) is 6.26. The number of methoxy groups -OCH3 is 1. The van der Waals surface area contributed by atoms with Gasteiger partial charge in [-0.2, -0.15) is 0 Å². The molecule has 4 nitrogen and oxygen atoms in total. The first-order valence-electron chi connectivity index (χ1n) is 17.6. The second-order valence-electron chi connectivity index (χ2n) is 12.5. The van der Waals surface area contributed by atoms with Gasteiger partial charge in [-0.25, -0.2) is 4.57 Å². The van der Waals surface area contributed by atoms with E-state index < -0.39 is 0 Å². The number of benzene rings is 3. The standard InChI is InChI=1S/C44H50N2O2/c1-4-16-36-21-24-44(47-3)41(32-36)37-23-25-43(38(33-37)17-5-2)48-31-15-11-9-7-6-8-10-14-28-46-29-26-35(27-30-46)20-22-39-34-45-42-19-13-12-18-40(39)42/h4-5,12-13,18-27,29-30,32-34H,1-2,6-11,14-17,28,31H2,3H3/p+1. The van der Waals surface area contributed by atoms with Crippen molar-refractivity contribution in [2.45, 2.75) is 70.8 Å². The van der Waals surface area contributed by atoms with Gasteiger partial charge < -0.3 is 14.5 Å². The molecule has 4 heteroatoms. The highest BCUT2D eigenvalue weighted by Crippen LogP contribution is 2.34. The summed E-state index contributed by atoms with van der Waals surface area (Å²) in [5.74, 6) is 1.82. The molecule has 0 aliphatic heterocycles. The van der Waals surface area contributed by atoms with Gasteiger partial charge in [-0.05, 0) is 83.8 Å². The van der Waals surface area contributed by atoms with E-state index in [9.17, 15) is 0 Å². The highest BCUT2D eigenvalue weighted by molar-refractivity contribution is 5.91. The Morgan fingerprint density at radius 2 is 1.46 bits per heavy atom. The lowest BCUT2D eigenvalue weighted by atomic mass is 9.97. The average Bonchev–Trinajstić information content (AvgIpc) is 3.54. The number of aromatic amines is 1. The van der Waals surface area contributed by atoms with Crippen LogP contribution in [-0.4, -0.2) is 18.7 Å². The van der Waals surface area contributed by atoms with E-state index in [2.05, 4.69) is 120 Å². The third-order valence-corrected chi connectivity index (χ3v) is 8.94. The Morgan fingerprint density at radius 3 is 2.23 bits per heavy atom. The van der Waals surface area contributed by atoms with Gasteiger partial charge in [0.2, 0.25) is 0 Å². The predicted molar refractivity (Wildman–Crippen MR) is 203 cm³/mol. The van der Waals surface area contributed by atoms with Crippen LogP contribution in [0.1, 0.15) is 73.6 Å². The third kappa shape index (κ3) is 9.84. The summed E-state index contributed by atoms with van der Waals surface area (Å²) in [6.07, 6.45) is 26.3. The Bertz CT molecular complexity index is 1780. The first-order valence-corrected chi connectivity index (χ1v) is 17.6. The van der Waals surface area contributed by atoms with Crippen molar-refractivity contribution in [1.29, 1.82) is 0 Å². The van der Waals surface area contributed by atoms with Crippen LogP contribution in [-0.2, 0) is 19.4 Å². The maximum absolute atomic E-state index is 6.25. The predicted octanol–water partition coefficient (Wildman–Crippen LogP) is 11.0. The molecule has 0 saturated carbocycles. The SMILES string of the molecule is C=CCc1ccc(OC)c(-c2ccc(OCCCCCCCCCC[n+]3ccc(/C=C/c4c[nH]c5ccccc45)cc3)c(CC=C)c2)c1.